The molecule has 2 N–H and O–H groups in total. The van der Waals surface area contributed by atoms with Crippen molar-refractivity contribution in [2.45, 2.75) is 37.8 Å². The molecule has 1 unspecified atom stereocenters. The highest BCUT2D eigenvalue weighted by Crippen LogP contribution is 2.19. The first-order valence-electron chi connectivity index (χ1n) is 8.86. The van der Waals surface area contributed by atoms with E-state index in [2.05, 4.69) is 10.0 Å². The first-order chi connectivity index (χ1) is 13.1. The summed E-state index contributed by atoms with van der Waals surface area (Å²) in [5, 5.41) is 3.42. The number of carbonyl (C=O) groups excluding carboxylic acids is 1. The summed E-state index contributed by atoms with van der Waals surface area (Å²) in [7, 11) is -2.37. The maximum absolute atomic E-state index is 12.8. The highest BCUT2D eigenvalue weighted by atomic mass is 35.5. The molecule has 0 aliphatic carbocycles. The number of rotatable bonds is 8. The van der Waals surface area contributed by atoms with Gasteiger partial charge in [0.2, 0.25) is 15.9 Å². The molecule has 0 aromatic heterocycles. The molecule has 152 valence electrons. The first kappa shape index (κ1) is 22.2. The second-order valence-electron chi connectivity index (χ2n) is 6.80. The molecule has 0 aliphatic rings. The van der Waals surface area contributed by atoms with Crippen LogP contribution in [0.25, 0.3) is 0 Å². The number of amides is 1. The van der Waals surface area contributed by atoms with Crippen LogP contribution in [0.15, 0.2) is 53.4 Å². The Morgan fingerprint density at radius 1 is 1.07 bits per heavy atom. The van der Waals surface area contributed by atoms with Crippen LogP contribution in [0.3, 0.4) is 0 Å². The lowest BCUT2D eigenvalue weighted by Crippen LogP contribution is -2.50. The third kappa shape index (κ3) is 5.70. The Morgan fingerprint density at radius 2 is 1.71 bits per heavy atom. The lowest BCUT2D eigenvalue weighted by atomic mass is 10.0. The molecule has 2 atom stereocenters. The summed E-state index contributed by atoms with van der Waals surface area (Å²) < 4.78 is 33.0. The number of carbonyl (C=O) groups is 1. The van der Waals surface area contributed by atoms with Gasteiger partial charge in [0.15, 0.2) is 0 Å². The maximum Gasteiger partial charge on any atom is 0.241 e. The number of methoxy groups -OCH3 is 1. The molecule has 8 heteroatoms. The van der Waals surface area contributed by atoms with E-state index in [1.165, 1.54) is 19.2 Å². The molecule has 6 nitrogen and oxygen atoms in total. The zero-order chi connectivity index (χ0) is 20.9. The fourth-order valence-corrected chi connectivity index (χ4v) is 4.19. The average Bonchev–Trinajstić information content (AvgIpc) is 2.65. The number of hydrogen-bond donors (Lipinski definition) is 2. The third-order valence-corrected chi connectivity index (χ3v) is 6.00. The Labute approximate surface area is 171 Å². The summed E-state index contributed by atoms with van der Waals surface area (Å²) in [4.78, 5) is 12.8. The monoisotopic (exact) mass is 424 g/mol. The van der Waals surface area contributed by atoms with Crippen LogP contribution in [0.5, 0.6) is 5.75 Å². The van der Waals surface area contributed by atoms with Crippen molar-refractivity contribution in [3.8, 4) is 5.75 Å². The van der Waals surface area contributed by atoms with E-state index >= 15 is 0 Å². The number of nitrogens with one attached hydrogen (secondary N) is 2. The SMILES string of the molecule is COc1ccc(S(=O)(=O)N[C@H](C(=O)NC(C)c2cccc(Cl)c2)C(C)C)cc1. The smallest absolute Gasteiger partial charge is 0.241 e. The first-order valence-corrected chi connectivity index (χ1v) is 10.7. The van der Waals surface area contributed by atoms with Crippen molar-refractivity contribution in [2.24, 2.45) is 5.92 Å². The van der Waals surface area contributed by atoms with E-state index in [-0.39, 0.29) is 16.9 Å². The molecule has 0 aliphatic heterocycles. The van der Waals surface area contributed by atoms with Crippen molar-refractivity contribution >= 4 is 27.5 Å². The summed E-state index contributed by atoms with van der Waals surface area (Å²) in [6.45, 7) is 5.38. The van der Waals surface area contributed by atoms with Gasteiger partial charge in [-0.25, -0.2) is 8.42 Å². The van der Waals surface area contributed by atoms with Crippen LogP contribution in [-0.4, -0.2) is 27.5 Å². The van der Waals surface area contributed by atoms with Gasteiger partial charge in [-0.1, -0.05) is 37.6 Å². The van der Waals surface area contributed by atoms with Crippen LogP contribution in [0.4, 0.5) is 0 Å². The Kier molecular flexibility index (Phi) is 7.46. The number of sulfonamides is 1. The van der Waals surface area contributed by atoms with Gasteiger partial charge in [-0.2, -0.15) is 4.72 Å². The van der Waals surface area contributed by atoms with E-state index in [1.807, 2.05) is 13.0 Å². The van der Waals surface area contributed by atoms with E-state index in [0.717, 1.165) is 5.56 Å². The van der Waals surface area contributed by atoms with Gasteiger partial charge >= 0.3 is 0 Å². The lowest BCUT2D eigenvalue weighted by Gasteiger charge is -2.24. The average molecular weight is 425 g/mol. The molecule has 0 fully saturated rings. The standard InChI is InChI=1S/C20H25ClN2O4S/c1-13(2)19(20(24)22-14(3)15-6-5-7-16(21)12-15)23-28(25,26)18-10-8-17(27-4)9-11-18/h5-14,19,23H,1-4H3,(H,22,24)/t14?,19-/m0/s1. The summed E-state index contributed by atoms with van der Waals surface area (Å²) in [6.07, 6.45) is 0. The predicted octanol–water partition coefficient (Wildman–Crippen LogP) is 3.53. The van der Waals surface area contributed by atoms with E-state index in [1.54, 1.807) is 44.2 Å². The quantitative estimate of drug-likeness (QED) is 0.678. The van der Waals surface area contributed by atoms with Crippen molar-refractivity contribution < 1.29 is 17.9 Å². The van der Waals surface area contributed by atoms with Gasteiger partial charge in [-0.15, -0.1) is 0 Å². The number of hydrogen-bond acceptors (Lipinski definition) is 4. The fraction of sp³-hybridized carbons (Fsp3) is 0.350. The van der Waals surface area contributed by atoms with E-state index in [0.29, 0.717) is 10.8 Å². The van der Waals surface area contributed by atoms with Gasteiger partial charge in [-0.3, -0.25) is 4.79 Å². The van der Waals surface area contributed by atoms with Crippen LogP contribution in [0, 0.1) is 5.92 Å². The molecule has 0 spiro atoms. The summed E-state index contributed by atoms with van der Waals surface area (Å²) in [5.41, 5.74) is 0.835. The van der Waals surface area contributed by atoms with Crippen molar-refractivity contribution in [2.75, 3.05) is 7.11 Å². The van der Waals surface area contributed by atoms with Crippen molar-refractivity contribution in [3.63, 3.8) is 0 Å². The molecule has 0 bridgehead atoms. The number of ether oxygens (including phenoxy) is 1. The summed E-state index contributed by atoms with van der Waals surface area (Å²) in [6, 6.07) is 11.9. The summed E-state index contributed by atoms with van der Waals surface area (Å²) >= 11 is 6.00. The third-order valence-electron chi connectivity index (χ3n) is 4.31. The molecule has 0 saturated carbocycles. The van der Waals surface area contributed by atoms with Gasteiger partial charge < -0.3 is 10.1 Å². The molecule has 28 heavy (non-hydrogen) atoms. The van der Waals surface area contributed by atoms with Crippen LogP contribution in [0.2, 0.25) is 5.02 Å². The minimum absolute atomic E-state index is 0.0645. The second kappa shape index (κ2) is 9.41. The topological polar surface area (TPSA) is 84.5 Å². The second-order valence-corrected chi connectivity index (χ2v) is 8.95. The predicted molar refractivity (Wildman–Crippen MR) is 110 cm³/mol. The largest absolute Gasteiger partial charge is 0.497 e. The normalized spacial score (nSPS) is 13.8. The van der Waals surface area contributed by atoms with E-state index in [9.17, 15) is 13.2 Å². The Hall–Kier alpha value is -2.09. The van der Waals surface area contributed by atoms with Crippen molar-refractivity contribution in [1.29, 1.82) is 0 Å². The molecular weight excluding hydrogens is 400 g/mol. The molecule has 1 amide bonds. The molecule has 0 radical (unpaired) electrons. The lowest BCUT2D eigenvalue weighted by molar-refractivity contribution is -0.124. The number of halogens is 1. The fourth-order valence-electron chi connectivity index (χ4n) is 2.64. The van der Waals surface area contributed by atoms with E-state index in [4.69, 9.17) is 16.3 Å². The molecule has 2 rings (SSSR count). The molecule has 2 aromatic carbocycles. The van der Waals surface area contributed by atoms with Crippen LogP contribution in [-0.2, 0) is 14.8 Å². The summed E-state index contributed by atoms with van der Waals surface area (Å²) in [5.74, 6) is -0.105. The van der Waals surface area contributed by atoms with Crippen LogP contribution < -0.4 is 14.8 Å². The zero-order valence-corrected chi connectivity index (χ0v) is 17.8. The Balaban J connectivity index is 2.16. The zero-order valence-electron chi connectivity index (χ0n) is 16.3. The van der Waals surface area contributed by atoms with Crippen molar-refractivity contribution in [1.82, 2.24) is 10.0 Å². The number of benzene rings is 2. The molecule has 2 aromatic rings. The van der Waals surface area contributed by atoms with Gasteiger partial charge in [0, 0.05) is 5.02 Å². The highest BCUT2D eigenvalue weighted by Gasteiger charge is 2.29. The van der Waals surface area contributed by atoms with Gasteiger partial charge in [0.1, 0.15) is 11.8 Å². The highest BCUT2D eigenvalue weighted by molar-refractivity contribution is 7.89. The molecular formula is C20H25ClN2O4S. The van der Waals surface area contributed by atoms with Crippen LogP contribution >= 0.6 is 11.6 Å². The van der Waals surface area contributed by atoms with Gasteiger partial charge in [-0.05, 0) is 54.8 Å². The molecule has 0 heterocycles. The van der Waals surface area contributed by atoms with Gasteiger partial charge in [0.25, 0.3) is 0 Å². The van der Waals surface area contributed by atoms with E-state index < -0.39 is 22.0 Å². The minimum atomic E-state index is -3.87. The Morgan fingerprint density at radius 3 is 2.25 bits per heavy atom. The van der Waals surface area contributed by atoms with Crippen LogP contribution in [0.1, 0.15) is 32.4 Å². The molecule has 0 saturated heterocycles. The maximum atomic E-state index is 12.8. The van der Waals surface area contributed by atoms with Crippen molar-refractivity contribution in [3.05, 3.63) is 59.1 Å². The minimum Gasteiger partial charge on any atom is -0.497 e. The van der Waals surface area contributed by atoms with Gasteiger partial charge in [0.05, 0.1) is 18.0 Å². The Bertz CT molecular complexity index is 914.